The first kappa shape index (κ1) is 21.5. The van der Waals surface area contributed by atoms with Gasteiger partial charge in [-0.2, -0.15) is 0 Å². The summed E-state index contributed by atoms with van der Waals surface area (Å²) in [4.78, 5) is 12.7. The van der Waals surface area contributed by atoms with Gasteiger partial charge in [0.05, 0.1) is 23.1 Å². The molecule has 29 heavy (non-hydrogen) atoms. The normalized spacial score (nSPS) is 11.9. The molecule has 1 aromatic heterocycles. The first-order valence-corrected chi connectivity index (χ1v) is 10.4. The van der Waals surface area contributed by atoms with Crippen molar-refractivity contribution in [2.75, 3.05) is 12.4 Å². The van der Waals surface area contributed by atoms with Crippen LogP contribution in [0.25, 0.3) is 11.4 Å². The Labute approximate surface area is 183 Å². The molecule has 0 saturated heterocycles. The van der Waals surface area contributed by atoms with E-state index in [1.165, 1.54) is 18.9 Å². The van der Waals surface area contributed by atoms with Gasteiger partial charge in [0.2, 0.25) is 5.91 Å². The van der Waals surface area contributed by atoms with Crippen molar-refractivity contribution in [2.45, 2.75) is 24.3 Å². The van der Waals surface area contributed by atoms with E-state index >= 15 is 0 Å². The number of nitrogens with one attached hydrogen (secondary N) is 1. The van der Waals surface area contributed by atoms with Crippen LogP contribution in [0.1, 0.15) is 12.5 Å². The third kappa shape index (κ3) is 4.69. The molecular formula is C20H20Cl2N4O2S. The third-order valence-electron chi connectivity index (χ3n) is 4.34. The summed E-state index contributed by atoms with van der Waals surface area (Å²) in [5, 5.41) is 12.7. The number of methoxy groups -OCH3 is 1. The number of rotatable bonds is 6. The number of amides is 1. The SMILES string of the molecule is COc1cc(Cl)c(C)cc1NC(=O)C(C)Sc1nnc(-c2ccccc2Cl)n1C. The second-order valence-electron chi connectivity index (χ2n) is 6.40. The van der Waals surface area contributed by atoms with Crippen LogP contribution in [-0.2, 0) is 11.8 Å². The summed E-state index contributed by atoms with van der Waals surface area (Å²) < 4.78 is 7.14. The Kier molecular flexibility index (Phi) is 6.72. The second kappa shape index (κ2) is 9.07. The number of aromatic nitrogens is 3. The van der Waals surface area contributed by atoms with Crippen molar-refractivity contribution in [3.8, 4) is 17.1 Å². The van der Waals surface area contributed by atoms with Gasteiger partial charge in [-0.3, -0.25) is 4.79 Å². The van der Waals surface area contributed by atoms with E-state index in [0.29, 0.717) is 32.5 Å². The first-order chi connectivity index (χ1) is 13.8. The zero-order valence-corrected chi connectivity index (χ0v) is 18.7. The maximum atomic E-state index is 12.7. The molecule has 0 aliphatic rings. The number of carbonyl (C=O) groups excluding carboxylic acids is 1. The van der Waals surface area contributed by atoms with Gasteiger partial charge in [-0.05, 0) is 37.6 Å². The van der Waals surface area contributed by atoms with E-state index in [4.69, 9.17) is 27.9 Å². The minimum absolute atomic E-state index is 0.183. The number of ether oxygens (including phenoxy) is 1. The predicted octanol–water partition coefficient (Wildman–Crippen LogP) is 5.23. The molecule has 1 unspecified atom stereocenters. The van der Waals surface area contributed by atoms with E-state index in [0.717, 1.165) is 11.1 Å². The predicted molar refractivity (Wildman–Crippen MR) is 118 cm³/mol. The number of hydrogen-bond acceptors (Lipinski definition) is 5. The number of hydrogen-bond donors (Lipinski definition) is 1. The summed E-state index contributed by atoms with van der Waals surface area (Å²) in [5.41, 5.74) is 2.21. The quantitative estimate of drug-likeness (QED) is 0.520. The Morgan fingerprint density at radius 1 is 1.21 bits per heavy atom. The molecule has 6 nitrogen and oxygen atoms in total. The highest BCUT2D eigenvalue weighted by Crippen LogP contribution is 2.33. The molecule has 0 saturated carbocycles. The standard InChI is InChI=1S/C20H20Cl2N4O2S/c1-11-9-16(17(28-4)10-15(11)22)23-19(27)12(2)29-20-25-24-18(26(20)3)13-7-5-6-8-14(13)21/h5-10,12H,1-4H3,(H,23,27). The number of halogens is 2. The third-order valence-corrected chi connectivity index (χ3v) is 6.21. The molecule has 3 aromatic rings. The Bertz CT molecular complexity index is 1050. The van der Waals surface area contributed by atoms with Crippen molar-refractivity contribution in [3.63, 3.8) is 0 Å². The van der Waals surface area contributed by atoms with Gasteiger partial charge >= 0.3 is 0 Å². The van der Waals surface area contributed by atoms with Gasteiger partial charge in [0.25, 0.3) is 0 Å². The molecule has 0 spiro atoms. The maximum Gasteiger partial charge on any atom is 0.237 e. The zero-order valence-electron chi connectivity index (χ0n) is 16.4. The van der Waals surface area contributed by atoms with E-state index in [-0.39, 0.29) is 5.91 Å². The minimum Gasteiger partial charge on any atom is -0.495 e. The molecule has 1 heterocycles. The fourth-order valence-electron chi connectivity index (χ4n) is 2.67. The first-order valence-electron chi connectivity index (χ1n) is 8.77. The summed E-state index contributed by atoms with van der Waals surface area (Å²) in [6, 6.07) is 10.9. The lowest BCUT2D eigenvalue weighted by molar-refractivity contribution is -0.115. The Morgan fingerprint density at radius 3 is 2.62 bits per heavy atom. The summed E-state index contributed by atoms with van der Waals surface area (Å²) in [7, 11) is 3.38. The molecule has 0 aliphatic heterocycles. The molecule has 1 amide bonds. The Morgan fingerprint density at radius 2 is 1.93 bits per heavy atom. The van der Waals surface area contributed by atoms with Crippen LogP contribution in [0.5, 0.6) is 5.75 Å². The summed E-state index contributed by atoms with van der Waals surface area (Å²) in [6.07, 6.45) is 0. The smallest absolute Gasteiger partial charge is 0.237 e. The molecule has 1 atom stereocenters. The fraction of sp³-hybridized carbons (Fsp3) is 0.250. The Hall–Kier alpha value is -2.22. The highest BCUT2D eigenvalue weighted by atomic mass is 35.5. The van der Waals surface area contributed by atoms with Crippen molar-refractivity contribution in [2.24, 2.45) is 7.05 Å². The van der Waals surface area contributed by atoms with Crippen molar-refractivity contribution in [1.29, 1.82) is 0 Å². The topological polar surface area (TPSA) is 69.0 Å². The molecule has 1 N–H and O–H groups in total. The van der Waals surface area contributed by atoms with Crippen LogP contribution in [0, 0.1) is 6.92 Å². The molecule has 9 heteroatoms. The van der Waals surface area contributed by atoms with Crippen LogP contribution in [0.3, 0.4) is 0 Å². The van der Waals surface area contributed by atoms with E-state index < -0.39 is 5.25 Å². The Balaban J connectivity index is 1.76. The second-order valence-corrected chi connectivity index (χ2v) is 8.52. The van der Waals surface area contributed by atoms with Crippen molar-refractivity contribution < 1.29 is 9.53 Å². The van der Waals surface area contributed by atoms with Crippen molar-refractivity contribution >= 4 is 46.6 Å². The van der Waals surface area contributed by atoms with Gasteiger partial charge in [0, 0.05) is 23.7 Å². The van der Waals surface area contributed by atoms with Gasteiger partial charge in [-0.15, -0.1) is 10.2 Å². The van der Waals surface area contributed by atoms with Gasteiger partial charge in [0.1, 0.15) is 5.75 Å². The van der Waals surface area contributed by atoms with Gasteiger partial charge < -0.3 is 14.6 Å². The molecular weight excluding hydrogens is 431 g/mol. The lowest BCUT2D eigenvalue weighted by Gasteiger charge is -2.15. The van der Waals surface area contributed by atoms with Crippen LogP contribution >= 0.6 is 35.0 Å². The zero-order chi connectivity index (χ0) is 21.1. The number of benzene rings is 2. The van der Waals surface area contributed by atoms with E-state index in [2.05, 4.69) is 15.5 Å². The molecule has 3 rings (SSSR count). The van der Waals surface area contributed by atoms with Crippen LogP contribution < -0.4 is 10.1 Å². The molecule has 152 valence electrons. The number of nitrogens with zero attached hydrogens (tertiary/aromatic N) is 3. The average Bonchev–Trinajstić information content (AvgIpc) is 3.05. The minimum atomic E-state index is -0.419. The van der Waals surface area contributed by atoms with E-state index in [9.17, 15) is 4.79 Å². The average molecular weight is 451 g/mol. The van der Waals surface area contributed by atoms with Gasteiger partial charge in [0.15, 0.2) is 11.0 Å². The highest BCUT2D eigenvalue weighted by Gasteiger charge is 2.21. The highest BCUT2D eigenvalue weighted by molar-refractivity contribution is 8.00. The van der Waals surface area contributed by atoms with E-state index in [1.54, 1.807) is 25.1 Å². The fourth-order valence-corrected chi connectivity index (χ4v) is 3.86. The monoisotopic (exact) mass is 450 g/mol. The lowest BCUT2D eigenvalue weighted by Crippen LogP contribution is -2.23. The summed E-state index contributed by atoms with van der Waals surface area (Å²) in [6.45, 7) is 3.67. The van der Waals surface area contributed by atoms with Crippen molar-refractivity contribution in [1.82, 2.24) is 14.8 Å². The molecule has 0 bridgehead atoms. The lowest BCUT2D eigenvalue weighted by atomic mass is 10.2. The van der Waals surface area contributed by atoms with Crippen molar-refractivity contribution in [3.05, 3.63) is 52.0 Å². The number of anilines is 1. The molecule has 2 aromatic carbocycles. The maximum absolute atomic E-state index is 12.7. The van der Waals surface area contributed by atoms with Crippen LogP contribution in [0.4, 0.5) is 5.69 Å². The molecule has 0 aliphatic carbocycles. The van der Waals surface area contributed by atoms with E-state index in [1.807, 2.05) is 36.7 Å². The molecule has 0 fully saturated rings. The van der Waals surface area contributed by atoms with Crippen LogP contribution in [0.2, 0.25) is 10.0 Å². The summed E-state index contributed by atoms with van der Waals surface area (Å²) >= 11 is 13.7. The summed E-state index contributed by atoms with van der Waals surface area (Å²) in [5.74, 6) is 0.962. The molecule has 0 radical (unpaired) electrons. The van der Waals surface area contributed by atoms with Gasteiger partial charge in [-0.25, -0.2) is 0 Å². The van der Waals surface area contributed by atoms with Gasteiger partial charge in [-0.1, -0.05) is 47.1 Å². The number of aryl methyl sites for hydroxylation is 1. The van der Waals surface area contributed by atoms with Crippen LogP contribution in [-0.4, -0.2) is 33.0 Å². The number of carbonyl (C=O) groups is 1. The van der Waals surface area contributed by atoms with Crippen LogP contribution in [0.15, 0.2) is 41.6 Å². The largest absolute Gasteiger partial charge is 0.495 e. The number of thioether (sulfide) groups is 1.